The number of aliphatic hydroxyl groups excluding tert-OH is 1. The number of hydrogen-bond donors (Lipinski definition) is 4. The maximum atomic E-state index is 12.7. The molecule has 2 aromatic heterocycles. The minimum atomic E-state index is -0.905. The van der Waals surface area contributed by atoms with E-state index >= 15 is 0 Å². The number of furan rings is 1. The third-order valence-electron chi connectivity index (χ3n) is 5.19. The molecular formula is C22H25ClN4O3. The van der Waals surface area contributed by atoms with E-state index in [4.69, 9.17) is 16.0 Å². The molecule has 7 nitrogen and oxygen atoms in total. The van der Waals surface area contributed by atoms with Gasteiger partial charge in [0.15, 0.2) is 12.1 Å². The smallest absolute Gasteiger partial charge is 0.287 e. The van der Waals surface area contributed by atoms with E-state index in [0.717, 1.165) is 54.3 Å². The molecule has 0 bridgehead atoms. The lowest BCUT2D eigenvalue weighted by molar-refractivity contribution is 0.0925. The Morgan fingerprint density at radius 3 is 3.00 bits per heavy atom. The summed E-state index contributed by atoms with van der Waals surface area (Å²) in [6.07, 6.45) is 6.29. The zero-order valence-electron chi connectivity index (χ0n) is 16.8. The number of carbonyl (C=O) groups excluding carboxylic acids is 1. The lowest BCUT2D eigenvalue weighted by Gasteiger charge is -2.21. The van der Waals surface area contributed by atoms with Gasteiger partial charge in [-0.1, -0.05) is 24.1 Å². The van der Waals surface area contributed by atoms with Gasteiger partial charge < -0.3 is 20.2 Å². The molecule has 3 heterocycles. The van der Waals surface area contributed by atoms with Crippen molar-refractivity contribution in [2.75, 3.05) is 11.9 Å². The van der Waals surface area contributed by atoms with Crippen LogP contribution in [0.15, 0.2) is 35.0 Å². The van der Waals surface area contributed by atoms with Gasteiger partial charge in [0.2, 0.25) is 0 Å². The van der Waals surface area contributed by atoms with Gasteiger partial charge in [-0.05, 0) is 56.0 Å². The van der Waals surface area contributed by atoms with Gasteiger partial charge in [0.05, 0.1) is 10.7 Å². The molecule has 1 aromatic carbocycles. The largest absolute Gasteiger partial charge is 0.451 e. The summed E-state index contributed by atoms with van der Waals surface area (Å²) in [7, 11) is 0. The van der Waals surface area contributed by atoms with Crippen LogP contribution in [-0.4, -0.2) is 28.9 Å². The number of aryl methyl sites for hydroxylation is 2. The monoisotopic (exact) mass is 428 g/mol. The minimum absolute atomic E-state index is 0.228. The maximum Gasteiger partial charge on any atom is 0.287 e. The van der Waals surface area contributed by atoms with E-state index in [0.29, 0.717) is 22.8 Å². The maximum absolute atomic E-state index is 12.7. The molecule has 4 N–H and O–H groups in total. The van der Waals surface area contributed by atoms with Gasteiger partial charge >= 0.3 is 0 Å². The third kappa shape index (κ3) is 4.59. The Labute approximate surface area is 179 Å². The lowest BCUT2D eigenvalue weighted by atomic mass is 10.0. The molecule has 1 atom stereocenters. The van der Waals surface area contributed by atoms with Crippen molar-refractivity contribution >= 4 is 34.2 Å². The average molecular weight is 429 g/mol. The van der Waals surface area contributed by atoms with Crippen molar-refractivity contribution in [2.24, 2.45) is 0 Å². The van der Waals surface area contributed by atoms with Crippen LogP contribution in [0.1, 0.15) is 46.5 Å². The lowest BCUT2D eigenvalue weighted by Crippen LogP contribution is -2.37. The summed E-state index contributed by atoms with van der Waals surface area (Å²) < 4.78 is 5.97. The molecule has 0 spiro atoms. The second kappa shape index (κ2) is 9.04. The summed E-state index contributed by atoms with van der Waals surface area (Å²) in [5.41, 5.74) is 4.10. The molecule has 1 aliphatic rings. The van der Waals surface area contributed by atoms with E-state index in [1.54, 1.807) is 24.5 Å². The SMILES string of the molecule is Cc1cncc(CNC(=O)c2cc3cc(Cl)c4c(c3o2)CCCCCNC(O)N4)c1. The summed E-state index contributed by atoms with van der Waals surface area (Å²) in [6, 6.07) is 5.44. The predicted octanol–water partition coefficient (Wildman–Crippen LogP) is 3.72. The number of aromatic nitrogens is 1. The molecule has 0 saturated carbocycles. The summed E-state index contributed by atoms with van der Waals surface area (Å²) in [5.74, 6) is -0.0713. The van der Waals surface area contributed by atoms with Gasteiger partial charge in [-0.2, -0.15) is 0 Å². The van der Waals surface area contributed by atoms with Crippen LogP contribution < -0.4 is 16.0 Å². The Morgan fingerprint density at radius 1 is 1.30 bits per heavy atom. The number of nitrogens with zero attached hydrogens (tertiary/aromatic N) is 1. The van der Waals surface area contributed by atoms with Gasteiger partial charge in [0.25, 0.3) is 5.91 Å². The van der Waals surface area contributed by atoms with Gasteiger partial charge in [-0.3, -0.25) is 15.1 Å². The summed E-state index contributed by atoms with van der Waals surface area (Å²) in [4.78, 5) is 16.8. The highest BCUT2D eigenvalue weighted by Crippen LogP contribution is 2.37. The van der Waals surface area contributed by atoms with Gasteiger partial charge in [0, 0.05) is 29.9 Å². The van der Waals surface area contributed by atoms with E-state index in [1.807, 2.05) is 13.0 Å². The Morgan fingerprint density at radius 2 is 2.17 bits per heavy atom. The van der Waals surface area contributed by atoms with Gasteiger partial charge in [0.1, 0.15) is 5.58 Å². The van der Waals surface area contributed by atoms with Crippen molar-refractivity contribution in [1.82, 2.24) is 15.6 Å². The second-order valence-electron chi connectivity index (χ2n) is 7.61. The number of fused-ring (bicyclic) bond motifs is 3. The van der Waals surface area contributed by atoms with Crippen LogP contribution in [0.3, 0.4) is 0 Å². The van der Waals surface area contributed by atoms with Crippen LogP contribution in [0.25, 0.3) is 11.0 Å². The molecule has 3 aromatic rings. The highest BCUT2D eigenvalue weighted by molar-refractivity contribution is 6.34. The Balaban J connectivity index is 1.62. The van der Waals surface area contributed by atoms with Crippen molar-refractivity contribution in [1.29, 1.82) is 0 Å². The first-order valence-corrected chi connectivity index (χ1v) is 10.5. The standard InChI is InChI=1S/C22H25ClN4O3/c1-13-7-14(11-24-10-13)12-26-21(28)18-9-15-8-17(23)19-16(20(15)30-18)5-3-2-4-6-25-22(29)27-19/h7-11,22,25,27,29H,2-6,12H2,1H3,(H,26,28). The van der Waals surface area contributed by atoms with E-state index < -0.39 is 6.35 Å². The average Bonchev–Trinajstić information content (AvgIpc) is 3.14. The van der Waals surface area contributed by atoms with E-state index in [-0.39, 0.29) is 11.7 Å². The number of hydrogen-bond acceptors (Lipinski definition) is 6. The number of rotatable bonds is 3. The van der Waals surface area contributed by atoms with Gasteiger partial charge in [-0.25, -0.2) is 0 Å². The van der Waals surface area contributed by atoms with Crippen molar-refractivity contribution in [3.8, 4) is 0 Å². The molecule has 0 radical (unpaired) electrons. The van der Waals surface area contributed by atoms with Gasteiger partial charge in [-0.15, -0.1) is 0 Å². The topological polar surface area (TPSA) is 99.4 Å². The molecule has 158 valence electrons. The fourth-order valence-corrected chi connectivity index (χ4v) is 4.02. The Hall–Kier alpha value is -2.61. The quantitative estimate of drug-likeness (QED) is 0.507. The van der Waals surface area contributed by atoms with E-state index in [2.05, 4.69) is 20.9 Å². The number of halogens is 1. The fourth-order valence-electron chi connectivity index (χ4n) is 3.73. The molecule has 8 heteroatoms. The van der Waals surface area contributed by atoms with Crippen molar-refractivity contribution in [3.05, 3.63) is 58.1 Å². The summed E-state index contributed by atoms with van der Waals surface area (Å²) >= 11 is 6.50. The summed E-state index contributed by atoms with van der Waals surface area (Å²) in [6.45, 7) is 3.05. The highest BCUT2D eigenvalue weighted by atomic mass is 35.5. The second-order valence-corrected chi connectivity index (χ2v) is 8.01. The number of aliphatic hydroxyl groups is 1. The van der Waals surface area contributed by atoms with E-state index in [1.165, 1.54) is 0 Å². The molecule has 30 heavy (non-hydrogen) atoms. The Kier molecular flexibility index (Phi) is 6.22. The number of anilines is 1. The third-order valence-corrected chi connectivity index (χ3v) is 5.49. The molecular weight excluding hydrogens is 404 g/mol. The summed E-state index contributed by atoms with van der Waals surface area (Å²) in [5, 5.41) is 20.3. The first kappa shape index (κ1) is 20.7. The van der Waals surface area contributed by atoms with Crippen molar-refractivity contribution in [2.45, 2.75) is 45.5 Å². The minimum Gasteiger partial charge on any atom is -0.451 e. The van der Waals surface area contributed by atoms with Crippen LogP contribution >= 0.6 is 11.6 Å². The van der Waals surface area contributed by atoms with Crippen LogP contribution in [0, 0.1) is 6.92 Å². The normalized spacial score (nSPS) is 17.2. The first-order chi connectivity index (χ1) is 14.5. The van der Waals surface area contributed by atoms with Crippen molar-refractivity contribution in [3.63, 3.8) is 0 Å². The van der Waals surface area contributed by atoms with Crippen LogP contribution in [0.4, 0.5) is 5.69 Å². The molecule has 0 aliphatic carbocycles. The number of benzene rings is 1. The molecule has 0 saturated heterocycles. The number of amides is 1. The van der Waals surface area contributed by atoms with Crippen LogP contribution in [0.2, 0.25) is 5.02 Å². The zero-order valence-corrected chi connectivity index (χ0v) is 17.6. The fraction of sp³-hybridized carbons (Fsp3) is 0.364. The van der Waals surface area contributed by atoms with Crippen LogP contribution in [-0.2, 0) is 13.0 Å². The molecule has 1 amide bonds. The Bertz CT molecular complexity index is 1070. The molecule has 4 rings (SSSR count). The number of carbonyl (C=O) groups is 1. The van der Waals surface area contributed by atoms with Crippen LogP contribution in [0.5, 0.6) is 0 Å². The van der Waals surface area contributed by atoms with Crippen molar-refractivity contribution < 1.29 is 14.3 Å². The predicted molar refractivity (Wildman–Crippen MR) is 117 cm³/mol. The van der Waals surface area contributed by atoms with E-state index in [9.17, 15) is 9.90 Å². The molecule has 1 unspecified atom stereocenters. The highest BCUT2D eigenvalue weighted by Gasteiger charge is 2.21. The molecule has 0 fully saturated rings. The number of pyridine rings is 1. The first-order valence-electron chi connectivity index (χ1n) is 10.1. The molecule has 1 aliphatic heterocycles. The zero-order chi connectivity index (χ0) is 21.1. The number of nitrogens with one attached hydrogen (secondary N) is 3.